The molecule has 1 amide bonds. The third-order valence-electron chi connectivity index (χ3n) is 1.76. The molecule has 1 rings (SSSR count). The molecule has 1 fully saturated rings. The van der Waals surface area contributed by atoms with Crippen LogP contribution in [0.1, 0.15) is 13.3 Å². The summed E-state index contributed by atoms with van der Waals surface area (Å²) >= 11 is 0. The molecule has 0 aromatic heterocycles. The van der Waals surface area contributed by atoms with Crippen LogP contribution >= 0.6 is 0 Å². The second kappa shape index (κ2) is 2.21. The topological polar surface area (TPSA) is 29.1 Å². The highest BCUT2D eigenvalue weighted by Gasteiger charge is 2.28. The minimum Gasteiger partial charge on any atom is -0.352 e. The van der Waals surface area contributed by atoms with Crippen LogP contribution in [0.5, 0.6) is 0 Å². The Bertz CT molecular complexity index is 134. The molecule has 1 saturated heterocycles. The third-order valence-corrected chi connectivity index (χ3v) is 1.76. The average molecular weight is 125 g/mol. The summed E-state index contributed by atoms with van der Waals surface area (Å²) in [4.78, 5) is 10.4. The van der Waals surface area contributed by atoms with Crippen LogP contribution in [0.25, 0.3) is 0 Å². The summed E-state index contributed by atoms with van der Waals surface area (Å²) in [7, 11) is 0. The highest BCUT2D eigenvalue weighted by molar-refractivity contribution is 5.82. The number of rotatable bonds is 2. The van der Waals surface area contributed by atoms with Crippen molar-refractivity contribution in [3.8, 4) is 0 Å². The van der Waals surface area contributed by atoms with E-state index in [2.05, 4.69) is 18.8 Å². The van der Waals surface area contributed by atoms with Crippen LogP contribution in [-0.2, 0) is 4.79 Å². The molecule has 0 radical (unpaired) electrons. The van der Waals surface area contributed by atoms with E-state index < -0.39 is 0 Å². The minimum atomic E-state index is 0.161. The summed E-state index contributed by atoms with van der Waals surface area (Å²) in [5.41, 5.74) is 0. The van der Waals surface area contributed by atoms with Gasteiger partial charge in [-0.25, -0.2) is 0 Å². The Kier molecular flexibility index (Phi) is 1.56. The zero-order valence-electron chi connectivity index (χ0n) is 5.55. The van der Waals surface area contributed by atoms with Crippen molar-refractivity contribution in [3.63, 3.8) is 0 Å². The van der Waals surface area contributed by atoms with Crippen LogP contribution < -0.4 is 5.32 Å². The van der Waals surface area contributed by atoms with E-state index >= 15 is 0 Å². The lowest BCUT2D eigenvalue weighted by Crippen LogP contribution is -2.51. The first-order chi connectivity index (χ1) is 4.24. The zero-order valence-corrected chi connectivity index (χ0v) is 5.55. The maximum absolute atomic E-state index is 10.4. The van der Waals surface area contributed by atoms with Gasteiger partial charge in [-0.05, 0) is 5.92 Å². The standard InChI is InChI=1S/C7H11NO/c1-3-5(2)6-4-7(9)8-6/h3,5-6H,1,4H2,2H3,(H,8,9)/t5-,6+/m0/s1. The van der Waals surface area contributed by atoms with Crippen LogP contribution in [-0.4, -0.2) is 11.9 Å². The molecule has 0 aliphatic carbocycles. The molecule has 50 valence electrons. The summed E-state index contributed by atoms with van der Waals surface area (Å²) in [6, 6.07) is 0.356. The summed E-state index contributed by atoms with van der Waals surface area (Å²) in [6.45, 7) is 5.69. The highest BCUT2D eigenvalue weighted by atomic mass is 16.2. The molecular weight excluding hydrogens is 114 g/mol. The number of hydrogen-bond donors (Lipinski definition) is 1. The Labute approximate surface area is 54.9 Å². The fourth-order valence-electron chi connectivity index (χ4n) is 0.867. The average Bonchev–Trinajstić information content (AvgIpc) is 1.79. The number of hydrogen-bond acceptors (Lipinski definition) is 1. The van der Waals surface area contributed by atoms with Gasteiger partial charge in [0.2, 0.25) is 5.91 Å². The van der Waals surface area contributed by atoms with Crippen molar-refractivity contribution < 1.29 is 4.79 Å². The Hall–Kier alpha value is -0.790. The maximum Gasteiger partial charge on any atom is 0.222 e. The van der Waals surface area contributed by atoms with Crippen molar-refractivity contribution >= 4 is 5.91 Å². The summed E-state index contributed by atoms with van der Waals surface area (Å²) < 4.78 is 0. The molecule has 1 aliphatic heterocycles. The van der Waals surface area contributed by atoms with Crippen molar-refractivity contribution in [2.24, 2.45) is 5.92 Å². The Morgan fingerprint density at radius 3 is 2.89 bits per heavy atom. The largest absolute Gasteiger partial charge is 0.352 e. The smallest absolute Gasteiger partial charge is 0.222 e. The van der Waals surface area contributed by atoms with Crippen LogP contribution in [0.15, 0.2) is 12.7 Å². The van der Waals surface area contributed by atoms with Gasteiger partial charge < -0.3 is 5.32 Å². The van der Waals surface area contributed by atoms with Gasteiger partial charge in [0.25, 0.3) is 0 Å². The summed E-state index contributed by atoms with van der Waals surface area (Å²) in [5, 5.41) is 2.78. The van der Waals surface area contributed by atoms with Gasteiger partial charge in [0.15, 0.2) is 0 Å². The first kappa shape index (κ1) is 6.33. The molecular formula is C7H11NO. The van der Waals surface area contributed by atoms with E-state index in [0.717, 1.165) is 0 Å². The third kappa shape index (κ3) is 1.12. The molecule has 1 aliphatic rings. The van der Waals surface area contributed by atoms with Crippen LogP contribution in [0.4, 0.5) is 0 Å². The van der Waals surface area contributed by atoms with E-state index in [1.54, 1.807) is 0 Å². The number of carbonyl (C=O) groups is 1. The number of amides is 1. The predicted octanol–water partition coefficient (Wildman–Crippen LogP) is 0.697. The molecule has 0 unspecified atom stereocenters. The van der Waals surface area contributed by atoms with Crippen molar-refractivity contribution in [1.82, 2.24) is 5.32 Å². The fourth-order valence-corrected chi connectivity index (χ4v) is 0.867. The number of β-lactam (4-membered cyclic amide) rings is 1. The Morgan fingerprint density at radius 1 is 2.00 bits per heavy atom. The normalized spacial score (nSPS) is 28.1. The SMILES string of the molecule is C=C[C@H](C)[C@H]1CC(=O)N1. The van der Waals surface area contributed by atoms with E-state index in [4.69, 9.17) is 0 Å². The van der Waals surface area contributed by atoms with Crippen LogP contribution in [0.2, 0.25) is 0 Å². The second-order valence-corrected chi connectivity index (χ2v) is 2.47. The van der Waals surface area contributed by atoms with Crippen molar-refractivity contribution in [2.75, 3.05) is 0 Å². The van der Waals surface area contributed by atoms with E-state index in [9.17, 15) is 4.79 Å². The molecule has 0 aromatic carbocycles. The van der Waals surface area contributed by atoms with Gasteiger partial charge in [-0.2, -0.15) is 0 Å². The fraction of sp³-hybridized carbons (Fsp3) is 0.571. The molecule has 0 bridgehead atoms. The summed E-state index contributed by atoms with van der Waals surface area (Å²) in [5.74, 6) is 0.580. The lowest BCUT2D eigenvalue weighted by atomic mass is 9.93. The predicted molar refractivity (Wildman–Crippen MR) is 35.9 cm³/mol. The molecule has 1 heterocycles. The van der Waals surface area contributed by atoms with Crippen LogP contribution in [0, 0.1) is 5.92 Å². The maximum atomic E-state index is 10.4. The quantitative estimate of drug-likeness (QED) is 0.427. The van der Waals surface area contributed by atoms with Gasteiger partial charge in [-0.15, -0.1) is 6.58 Å². The van der Waals surface area contributed by atoms with E-state index in [1.807, 2.05) is 6.08 Å². The Balaban J connectivity index is 2.30. The van der Waals surface area contributed by atoms with Gasteiger partial charge in [0.1, 0.15) is 0 Å². The van der Waals surface area contributed by atoms with Crippen molar-refractivity contribution in [2.45, 2.75) is 19.4 Å². The van der Waals surface area contributed by atoms with E-state index in [-0.39, 0.29) is 5.91 Å². The molecule has 0 spiro atoms. The second-order valence-electron chi connectivity index (χ2n) is 2.47. The monoisotopic (exact) mass is 125 g/mol. The van der Waals surface area contributed by atoms with E-state index in [1.165, 1.54) is 0 Å². The lowest BCUT2D eigenvalue weighted by molar-refractivity contribution is -0.128. The van der Waals surface area contributed by atoms with Gasteiger partial charge in [0.05, 0.1) is 0 Å². The zero-order chi connectivity index (χ0) is 6.85. The minimum absolute atomic E-state index is 0.161. The van der Waals surface area contributed by atoms with Gasteiger partial charge in [0, 0.05) is 12.5 Å². The molecule has 2 atom stereocenters. The van der Waals surface area contributed by atoms with Gasteiger partial charge >= 0.3 is 0 Å². The first-order valence-electron chi connectivity index (χ1n) is 3.16. The molecule has 9 heavy (non-hydrogen) atoms. The van der Waals surface area contributed by atoms with Crippen LogP contribution in [0.3, 0.4) is 0 Å². The molecule has 2 nitrogen and oxygen atoms in total. The molecule has 0 saturated carbocycles. The van der Waals surface area contributed by atoms with Gasteiger partial charge in [-0.1, -0.05) is 13.0 Å². The molecule has 0 aromatic rings. The van der Waals surface area contributed by atoms with Crippen molar-refractivity contribution in [1.29, 1.82) is 0 Å². The molecule has 1 N–H and O–H groups in total. The Morgan fingerprint density at radius 2 is 2.56 bits per heavy atom. The van der Waals surface area contributed by atoms with E-state index in [0.29, 0.717) is 18.4 Å². The highest BCUT2D eigenvalue weighted by Crippen LogP contribution is 2.14. The lowest BCUT2D eigenvalue weighted by Gasteiger charge is -2.30. The van der Waals surface area contributed by atoms with Crippen molar-refractivity contribution in [3.05, 3.63) is 12.7 Å². The molecule has 2 heteroatoms. The summed E-state index contributed by atoms with van der Waals surface area (Å²) in [6.07, 6.45) is 2.54. The first-order valence-corrected chi connectivity index (χ1v) is 3.16. The number of carbonyl (C=O) groups excluding carboxylic acids is 1. The van der Waals surface area contributed by atoms with Gasteiger partial charge in [-0.3, -0.25) is 4.79 Å². The number of nitrogens with one attached hydrogen (secondary N) is 1.